The van der Waals surface area contributed by atoms with E-state index in [2.05, 4.69) is 24.4 Å². The maximum absolute atomic E-state index is 12.4. The Morgan fingerprint density at radius 3 is 2.68 bits per heavy atom. The van der Waals surface area contributed by atoms with Crippen molar-refractivity contribution in [2.45, 2.75) is 26.2 Å². The number of aryl methyl sites for hydroxylation is 3. The standard InChI is InChI=1S/C18H20N2O2/c1-11-6-4-5-7-13(11)14-9-15(14)18(22)19-16-10-20(3)17(21)8-12(16)2/h4-8,10,14-15H,9H2,1-3H3,(H,19,22). The minimum Gasteiger partial charge on any atom is -0.324 e. The van der Waals surface area contributed by atoms with E-state index in [1.807, 2.05) is 19.1 Å². The topological polar surface area (TPSA) is 51.1 Å². The van der Waals surface area contributed by atoms with Crippen LogP contribution in [0.4, 0.5) is 5.69 Å². The number of hydrogen-bond donors (Lipinski definition) is 1. The van der Waals surface area contributed by atoms with Gasteiger partial charge in [0.05, 0.1) is 5.69 Å². The molecule has 1 aromatic carbocycles. The lowest BCUT2D eigenvalue weighted by atomic mass is 10.0. The van der Waals surface area contributed by atoms with Crippen molar-refractivity contribution in [1.82, 2.24) is 4.57 Å². The summed E-state index contributed by atoms with van der Waals surface area (Å²) in [6.45, 7) is 3.92. The Morgan fingerprint density at radius 1 is 1.23 bits per heavy atom. The van der Waals surface area contributed by atoms with Crippen molar-refractivity contribution in [3.63, 3.8) is 0 Å². The van der Waals surface area contributed by atoms with Crippen LogP contribution < -0.4 is 10.9 Å². The van der Waals surface area contributed by atoms with E-state index in [1.165, 1.54) is 15.7 Å². The van der Waals surface area contributed by atoms with E-state index in [0.29, 0.717) is 11.6 Å². The van der Waals surface area contributed by atoms with Gasteiger partial charge in [0.15, 0.2) is 0 Å². The lowest BCUT2D eigenvalue weighted by Gasteiger charge is -2.10. The van der Waals surface area contributed by atoms with Crippen LogP contribution in [0, 0.1) is 19.8 Å². The Bertz CT molecular complexity index is 792. The van der Waals surface area contributed by atoms with E-state index in [1.54, 1.807) is 19.3 Å². The highest BCUT2D eigenvalue weighted by Crippen LogP contribution is 2.48. The van der Waals surface area contributed by atoms with Gasteiger partial charge in [-0.05, 0) is 42.9 Å². The summed E-state index contributed by atoms with van der Waals surface area (Å²) in [5.74, 6) is 0.377. The molecule has 1 aliphatic rings. The third-order valence-corrected chi connectivity index (χ3v) is 4.41. The molecule has 1 heterocycles. The number of nitrogens with zero attached hydrogens (tertiary/aromatic N) is 1. The Labute approximate surface area is 129 Å². The number of hydrogen-bond acceptors (Lipinski definition) is 2. The van der Waals surface area contributed by atoms with Gasteiger partial charge in [-0.2, -0.15) is 0 Å². The molecule has 114 valence electrons. The summed E-state index contributed by atoms with van der Waals surface area (Å²) in [5, 5.41) is 2.96. The molecule has 3 rings (SSSR count). The number of benzene rings is 1. The molecule has 2 atom stereocenters. The fourth-order valence-corrected chi connectivity index (χ4v) is 2.91. The summed E-state index contributed by atoms with van der Waals surface area (Å²) < 4.78 is 1.48. The monoisotopic (exact) mass is 296 g/mol. The first-order chi connectivity index (χ1) is 10.5. The zero-order valence-electron chi connectivity index (χ0n) is 13.1. The summed E-state index contributed by atoms with van der Waals surface area (Å²) in [6, 6.07) is 9.77. The fraction of sp³-hybridized carbons (Fsp3) is 0.333. The maximum atomic E-state index is 12.4. The number of aromatic nitrogens is 1. The number of rotatable bonds is 3. The van der Waals surface area contributed by atoms with Gasteiger partial charge in [-0.3, -0.25) is 9.59 Å². The molecule has 22 heavy (non-hydrogen) atoms. The van der Waals surface area contributed by atoms with Crippen LogP contribution in [0.15, 0.2) is 41.3 Å². The quantitative estimate of drug-likeness (QED) is 0.947. The van der Waals surface area contributed by atoms with Crippen LogP contribution >= 0.6 is 0 Å². The van der Waals surface area contributed by atoms with Crippen molar-refractivity contribution in [3.8, 4) is 0 Å². The van der Waals surface area contributed by atoms with Gasteiger partial charge in [0, 0.05) is 25.2 Å². The van der Waals surface area contributed by atoms with Crippen molar-refractivity contribution in [2.75, 3.05) is 5.32 Å². The summed E-state index contributed by atoms with van der Waals surface area (Å²) in [5.41, 5.74) is 3.94. The smallest absolute Gasteiger partial charge is 0.250 e. The highest BCUT2D eigenvalue weighted by atomic mass is 16.2. The molecule has 0 spiro atoms. The minimum atomic E-state index is -0.0697. The summed E-state index contributed by atoms with van der Waals surface area (Å²) >= 11 is 0. The predicted molar refractivity (Wildman–Crippen MR) is 87.1 cm³/mol. The third kappa shape index (κ3) is 2.69. The number of pyridine rings is 1. The number of carbonyl (C=O) groups is 1. The molecule has 0 bridgehead atoms. The second-order valence-electron chi connectivity index (χ2n) is 6.11. The van der Waals surface area contributed by atoms with Crippen molar-refractivity contribution in [2.24, 2.45) is 13.0 Å². The number of carbonyl (C=O) groups excluding carboxylic acids is 1. The van der Waals surface area contributed by atoms with Crippen LogP contribution in [0.25, 0.3) is 0 Å². The highest BCUT2D eigenvalue weighted by Gasteiger charge is 2.44. The summed E-state index contributed by atoms with van der Waals surface area (Å²) in [6.07, 6.45) is 2.57. The van der Waals surface area contributed by atoms with E-state index >= 15 is 0 Å². The second kappa shape index (κ2) is 5.44. The van der Waals surface area contributed by atoms with Gasteiger partial charge in [0.1, 0.15) is 0 Å². The lowest BCUT2D eigenvalue weighted by Crippen LogP contribution is -2.20. The molecule has 1 saturated carbocycles. The normalized spacial score (nSPS) is 19.8. The van der Waals surface area contributed by atoms with Crippen LogP contribution in [0.3, 0.4) is 0 Å². The molecule has 0 aliphatic heterocycles. The Morgan fingerprint density at radius 2 is 1.95 bits per heavy atom. The predicted octanol–water partition coefficient (Wildman–Crippen LogP) is 2.74. The van der Waals surface area contributed by atoms with Gasteiger partial charge < -0.3 is 9.88 Å². The van der Waals surface area contributed by atoms with Crippen molar-refractivity contribution < 1.29 is 4.79 Å². The number of nitrogens with one attached hydrogen (secondary N) is 1. The maximum Gasteiger partial charge on any atom is 0.250 e. The fourth-order valence-electron chi connectivity index (χ4n) is 2.91. The van der Waals surface area contributed by atoms with Crippen LogP contribution in [0.1, 0.15) is 29.0 Å². The average Bonchev–Trinajstić information content (AvgIpc) is 3.25. The number of amides is 1. The van der Waals surface area contributed by atoms with Gasteiger partial charge in [0.2, 0.25) is 5.91 Å². The molecule has 4 nitrogen and oxygen atoms in total. The molecule has 4 heteroatoms. The van der Waals surface area contributed by atoms with E-state index in [-0.39, 0.29) is 17.4 Å². The second-order valence-corrected chi connectivity index (χ2v) is 6.11. The molecule has 1 fully saturated rings. The van der Waals surface area contributed by atoms with Crippen LogP contribution in [0.5, 0.6) is 0 Å². The van der Waals surface area contributed by atoms with Crippen LogP contribution in [-0.4, -0.2) is 10.5 Å². The molecular weight excluding hydrogens is 276 g/mol. The molecule has 1 aliphatic carbocycles. The zero-order valence-corrected chi connectivity index (χ0v) is 13.1. The molecule has 1 N–H and O–H groups in total. The molecule has 2 aromatic rings. The van der Waals surface area contributed by atoms with Crippen LogP contribution in [0.2, 0.25) is 0 Å². The first kappa shape index (κ1) is 14.6. The molecule has 2 unspecified atom stereocenters. The first-order valence-corrected chi connectivity index (χ1v) is 7.51. The largest absolute Gasteiger partial charge is 0.324 e. The molecule has 0 radical (unpaired) electrons. The van der Waals surface area contributed by atoms with Gasteiger partial charge in [-0.1, -0.05) is 24.3 Å². The molecule has 1 amide bonds. The van der Waals surface area contributed by atoms with Gasteiger partial charge in [-0.15, -0.1) is 0 Å². The Balaban J connectivity index is 1.74. The van der Waals surface area contributed by atoms with E-state index < -0.39 is 0 Å². The first-order valence-electron chi connectivity index (χ1n) is 7.51. The van der Waals surface area contributed by atoms with Gasteiger partial charge in [0.25, 0.3) is 5.56 Å². The van der Waals surface area contributed by atoms with Crippen LogP contribution in [-0.2, 0) is 11.8 Å². The van der Waals surface area contributed by atoms with E-state index in [4.69, 9.17) is 0 Å². The zero-order chi connectivity index (χ0) is 15.9. The molecular formula is C18H20N2O2. The third-order valence-electron chi connectivity index (χ3n) is 4.41. The summed E-state index contributed by atoms with van der Waals surface area (Å²) in [7, 11) is 1.69. The molecule has 0 saturated heterocycles. The van der Waals surface area contributed by atoms with Gasteiger partial charge >= 0.3 is 0 Å². The SMILES string of the molecule is Cc1cc(=O)n(C)cc1NC(=O)C1CC1c1ccccc1C. The van der Waals surface area contributed by atoms with Crippen molar-refractivity contribution in [3.05, 3.63) is 63.6 Å². The van der Waals surface area contributed by atoms with Crippen molar-refractivity contribution in [1.29, 1.82) is 0 Å². The van der Waals surface area contributed by atoms with E-state index in [0.717, 1.165) is 12.0 Å². The van der Waals surface area contributed by atoms with E-state index in [9.17, 15) is 9.59 Å². The highest BCUT2D eigenvalue weighted by molar-refractivity contribution is 5.95. The summed E-state index contributed by atoms with van der Waals surface area (Å²) in [4.78, 5) is 24.0. The van der Waals surface area contributed by atoms with Crippen molar-refractivity contribution >= 4 is 11.6 Å². The lowest BCUT2D eigenvalue weighted by molar-refractivity contribution is -0.117. The average molecular weight is 296 g/mol. The van der Waals surface area contributed by atoms with Gasteiger partial charge in [-0.25, -0.2) is 0 Å². The minimum absolute atomic E-state index is 0.0257. The Hall–Kier alpha value is -2.36. The molecule has 1 aromatic heterocycles. The Kier molecular flexibility index (Phi) is 3.61. The number of anilines is 1.